The second-order valence-electron chi connectivity index (χ2n) is 16.9. The minimum Gasteiger partial charge on any atom is -0.458 e. The van der Waals surface area contributed by atoms with Gasteiger partial charge in [0, 0.05) is 22.9 Å². The molecular weight excluding hydrogens is 753 g/mol. The van der Waals surface area contributed by atoms with E-state index in [9.17, 15) is 0 Å². The summed E-state index contributed by atoms with van der Waals surface area (Å²) in [5.41, 5.74) is 17.1. The van der Waals surface area contributed by atoms with E-state index < -0.39 is 5.41 Å². The van der Waals surface area contributed by atoms with Gasteiger partial charge in [-0.2, -0.15) is 0 Å². The first-order valence-corrected chi connectivity index (χ1v) is 21.6. The third-order valence-electron chi connectivity index (χ3n) is 13.3. The Bertz CT molecular complexity index is 3090. The number of hydrogen-bond acceptors (Lipinski definition) is 3. The zero-order valence-electron chi connectivity index (χ0n) is 34.6. The van der Waals surface area contributed by atoms with E-state index in [1.807, 2.05) is 0 Å². The molecule has 9 aromatic rings. The van der Waals surface area contributed by atoms with Crippen molar-refractivity contribution in [2.75, 3.05) is 4.90 Å². The SMILES string of the molecule is CC(C)c1ccc2c(c1)N(c1ccc3c(c1)Oc1ccccc1B3c1c(-c3ccccc3)cccc1-c1ccccc1)c1ccccc1C21c2ccccc2Oc2ccccc21. The summed E-state index contributed by atoms with van der Waals surface area (Å²) < 4.78 is 13.7. The molecular formula is C58H42BNO2. The van der Waals surface area contributed by atoms with E-state index in [0.29, 0.717) is 5.92 Å². The summed E-state index contributed by atoms with van der Waals surface area (Å²) in [6.07, 6.45) is 0. The maximum atomic E-state index is 7.05. The van der Waals surface area contributed by atoms with Crippen LogP contribution >= 0.6 is 0 Å². The number of nitrogens with zero attached hydrogens (tertiary/aromatic N) is 1. The Hall–Kier alpha value is -7.56. The highest BCUT2D eigenvalue weighted by Crippen LogP contribution is 2.63. The predicted molar refractivity (Wildman–Crippen MR) is 256 cm³/mol. The van der Waals surface area contributed by atoms with E-state index in [0.717, 1.165) is 62.1 Å². The lowest BCUT2D eigenvalue weighted by atomic mass is 9.34. The molecule has 0 saturated carbocycles. The molecule has 3 aliphatic rings. The normalized spacial score (nSPS) is 13.8. The standard InChI is InChI=1S/C58H42BNO2/c1-38(2)41-32-34-46-52(36-41)60(51-28-13-9-24-45(51)58(46)47-25-10-14-29-53(47)61-54-30-15-11-26-48(54)58)42-33-35-50-56(37-42)62-55-31-16-12-27-49(55)59(50)57-43(39-18-5-3-6-19-39)22-17-23-44(57)40-20-7-4-8-21-40/h3-38H,1-2H3. The lowest BCUT2D eigenvalue weighted by molar-refractivity contribution is 0.434. The van der Waals surface area contributed by atoms with Crippen molar-refractivity contribution in [2.45, 2.75) is 25.2 Å². The van der Waals surface area contributed by atoms with E-state index in [4.69, 9.17) is 9.47 Å². The Morgan fingerprint density at radius 2 is 0.952 bits per heavy atom. The summed E-state index contributed by atoms with van der Waals surface area (Å²) >= 11 is 0. The third kappa shape index (κ3) is 5.39. The molecule has 1 spiro atoms. The molecule has 4 heteroatoms. The molecule has 3 nitrogen and oxygen atoms in total. The van der Waals surface area contributed by atoms with Crippen molar-refractivity contribution < 1.29 is 9.47 Å². The summed E-state index contributed by atoms with van der Waals surface area (Å²) in [5, 5.41) is 0. The van der Waals surface area contributed by atoms with Gasteiger partial charge in [0.2, 0.25) is 0 Å². The predicted octanol–water partition coefficient (Wildman–Crippen LogP) is 13.0. The number of rotatable bonds is 5. The Balaban J connectivity index is 1.11. The number of benzene rings is 9. The molecule has 294 valence electrons. The minimum atomic E-state index is -0.618. The van der Waals surface area contributed by atoms with Crippen LogP contribution in [0.5, 0.6) is 23.0 Å². The number of para-hydroxylation sites is 4. The largest absolute Gasteiger partial charge is 0.458 e. The quantitative estimate of drug-likeness (QED) is 0.162. The van der Waals surface area contributed by atoms with E-state index in [1.54, 1.807) is 0 Å². The van der Waals surface area contributed by atoms with Gasteiger partial charge in [-0.1, -0.05) is 189 Å². The molecule has 0 aromatic heterocycles. The van der Waals surface area contributed by atoms with Gasteiger partial charge in [-0.3, -0.25) is 0 Å². The molecule has 3 heterocycles. The van der Waals surface area contributed by atoms with Crippen LogP contribution in [0.3, 0.4) is 0 Å². The van der Waals surface area contributed by atoms with Crippen molar-refractivity contribution in [1.82, 2.24) is 0 Å². The molecule has 0 radical (unpaired) electrons. The van der Waals surface area contributed by atoms with Crippen LogP contribution in [0, 0.1) is 0 Å². The highest BCUT2D eigenvalue weighted by atomic mass is 16.5. The number of hydrogen-bond donors (Lipinski definition) is 0. The molecule has 12 rings (SSSR count). The van der Waals surface area contributed by atoms with Crippen LogP contribution in [0.2, 0.25) is 0 Å². The second-order valence-corrected chi connectivity index (χ2v) is 16.9. The first-order chi connectivity index (χ1) is 30.6. The van der Waals surface area contributed by atoms with Gasteiger partial charge in [0.25, 0.3) is 6.71 Å². The van der Waals surface area contributed by atoms with Crippen molar-refractivity contribution in [3.8, 4) is 45.3 Å². The van der Waals surface area contributed by atoms with Gasteiger partial charge >= 0.3 is 0 Å². The van der Waals surface area contributed by atoms with Crippen molar-refractivity contribution in [1.29, 1.82) is 0 Å². The average molecular weight is 796 g/mol. The van der Waals surface area contributed by atoms with Crippen LogP contribution in [0.15, 0.2) is 212 Å². The first kappa shape index (κ1) is 36.3. The van der Waals surface area contributed by atoms with E-state index in [1.165, 1.54) is 44.4 Å². The Kier molecular flexibility index (Phi) is 8.37. The van der Waals surface area contributed by atoms with Crippen molar-refractivity contribution in [3.05, 3.63) is 240 Å². The van der Waals surface area contributed by atoms with Crippen molar-refractivity contribution >= 4 is 40.2 Å². The van der Waals surface area contributed by atoms with Crippen LogP contribution in [0.4, 0.5) is 17.1 Å². The fourth-order valence-corrected chi connectivity index (χ4v) is 10.5. The summed E-state index contributed by atoms with van der Waals surface area (Å²) in [4.78, 5) is 2.47. The van der Waals surface area contributed by atoms with Gasteiger partial charge < -0.3 is 14.4 Å². The van der Waals surface area contributed by atoms with Crippen LogP contribution in [0.25, 0.3) is 22.3 Å². The molecule has 0 bridgehead atoms. The third-order valence-corrected chi connectivity index (χ3v) is 13.3. The molecule has 0 saturated heterocycles. The van der Waals surface area contributed by atoms with Crippen LogP contribution in [-0.2, 0) is 5.41 Å². The maximum absolute atomic E-state index is 7.05. The highest BCUT2D eigenvalue weighted by Gasteiger charge is 2.51. The highest BCUT2D eigenvalue weighted by molar-refractivity contribution is 6.98. The van der Waals surface area contributed by atoms with Gasteiger partial charge in [0.1, 0.15) is 23.0 Å². The van der Waals surface area contributed by atoms with Gasteiger partial charge in [0.15, 0.2) is 0 Å². The zero-order valence-corrected chi connectivity index (χ0v) is 34.6. The van der Waals surface area contributed by atoms with E-state index in [-0.39, 0.29) is 6.71 Å². The zero-order chi connectivity index (χ0) is 41.4. The van der Waals surface area contributed by atoms with E-state index >= 15 is 0 Å². The average Bonchev–Trinajstić information content (AvgIpc) is 3.33. The molecule has 3 aliphatic heterocycles. The topological polar surface area (TPSA) is 21.7 Å². The molecule has 0 aliphatic carbocycles. The van der Waals surface area contributed by atoms with Crippen LogP contribution < -0.4 is 30.8 Å². The maximum Gasteiger partial charge on any atom is 0.252 e. The molecule has 9 aromatic carbocycles. The molecule has 0 unspecified atom stereocenters. The Labute approximate surface area is 363 Å². The van der Waals surface area contributed by atoms with Crippen molar-refractivity contribution in [3.63, 3.8) is 0 Å². The monoisotopic (exact) mass is 795 g/mol. The van der Waals surface area contributed by atoms with E-state index in [2.05, 4.69) is 231 Å². The second kappa shape index (κ2) is 14.3. The molecule has 0 amide bonds. The van der Waals surface area contributed by atoms with Gasteiger partial charge in [-0.25, -0.2) is 0 Å². The molecule has 0 fully saturated rings. The minimum absolute atomic E-state index is 0.0948. The Morgan fingerprint density at radius 3 is 1.61 bits per heavy atom. The lowest BCUT2D eigenvalue weighted by Crippen LogP contribution is -2.56. The van der Waals surface area contributed by atoms with Crippen LogP contribution in [0.1, 0.15) is 47.6 Å². The summed E-state index contributed by atoms with van der Waals surface area (Å²) in [7, 11) is 0. The summed E-state index contributed by atoms with van der Waals surface area (Å²) in [6, 6.07) is 77.0. The van der Waals surface area contributed by atoms with Gasteiger partial charge in [-0.15, -0.1) is 0 Å². The smallest absolute Gasteiger partial charge is 0.252 e. The first-order valence-electron chi connectivity index (χ1n) is 21.6. The van der Waals surface area contributed by atoms with Gasteiger partial charge in [0.05, 0.1) is 16.8 Å². The van der Waals surface area contributed by atoms with Crippen LogP contribution in [-0.4, -0.2) is 6.71 Å². The van der Waals surface area contributed by atoms with Crippen molar-refractivity contribution in [2.24, 2.45) is 0 Å². The molecule has 0 N–H and O–H groups in total. The fourth-order valence-electron chi connectivity index (χ4n) is 10.5. The molecule has 62 heavy (non-hydrogen) atoms. The summed E-state index contributed by atoms with van der Waals surface area (Å²) in [6.45, 7) is 4.46. The Morgan fingerprint density at radius 1 is 0.419 bits per heavy atom. The summed E-state index contributed by atoms with van der Waals surface area (Å²) in [5.74, 6) is 3.82. The molecule has 0 atom stereocenters. The fraction of sp³-hybridized carbons (Fsp3) is 0.0690. The number of fused-ring (bicyclic) bond motifs is 10. The number of anilines is 3. The lowest BCUT2D eigenvalue weighted by Gasteiger charge is -2.48. The number of ether oxygens (including phenoxy) is 2. The van der Waals surface area contributed by atoms with Gasteiger partial charge in [-0.05, 0) is 92.2 Å².